The van der Waals surface area contributed by atoms with Crippen LogP contribution in [-0.2, 0) is 11.4 Å². The van der Waals surface area contributed by atoms with Gasteiger partial charge in [0.25, 0.3) is 0 Å². The van der Waals surface area contributed by atoms with Crippen molar-refractivity contribution >= 4 is 6.21 Å². The second-order valence-electron chi connectivity index (χ2n) is 3.37. The van der Waals surface area contributed by atoms with Crippen molar-refractivity contribution in [3.8, 4) is 0 Å². The molecule has 0 unspecified atom stereocenters. The highest BCUT2D eigenvalue weighted by Gasteiger charge is 1.97. The van der Waals surface area contributed by atoms with Gasteiger partial charge in [-0.3, -0.25) is 4.68 Å². The topological polar surface area (TPSA) is 39.4 Å². The van der Waals surface area contributed by atoms with Gasteiger partial charge in [0, 0.05) is 11.8 Å². The zero-order chi connectivity index (χ0) is 11.2. The lowest BCUT2D eigenvalue weighted by atomic mass is 10.2. The number of hydrogen-bond acceptors (Lipinski definition) is 3. The first-order chi connectivity index (χ1) is 7.88. The van der Waals surface area contributed by atoms with Gasteiger partial charge in [-0.1, -0.05) is 35.5 Å². The third-order valence-corrected chi connectivity index (χ3v) is 2.15. The Bertz CT molecular complexity index is 462. The van der Waals surface area contributed by atoms with Gasteiger partial charge in [-0.05, 0) is 5.56 Å². The van der Waals surface area contributed by atoms with Gasteiger partial charge in [-0.15, -0.1) is 0 Å². The zero-order valence-electron chi connectivity index (χ0n) is 9.08. The van der Waals surface area contributed by atoms with E-state index in [-0.39, 0.29) is 0 Å². The van der Waals surface area contributed by atoms with Crippen LogP contribution in [-0.4, -0.2) is 23.1 Å². The van der Waals surface area contributed by atoms with Gasteiger partial charge >= 0.3 is 0 Å². The number of aromatic nitrogens is 2. The Balaban J connectivity index is 2.06. The lowest BCUT2D eigenvalue weighted by Gasteiger charge is -2.00. The Morgan fingerprint density at radius 2 is 2.19 bits per heavy atom. The molecule has 0 aliphatic carbocycles. The van der Waals surface area contributed by atoms with Gasteiger partial charge in [0.05, 0.1) is 19.0 Å². The highest BCUT2D eigenvalue weighted by Crippen LogP contribution is 2.02. The summed E-state index contributed by atoms with van der Waals surface area (Å²) in [6.45, 7) is 0.766. The first-order valence-corrected chi connectivity index (χ1v) is 5.01. The Labute approximate surface area is 94.2 Å². The van der Waals surface area contributed by atoms with Crippen LogP contribution in [0.2, 0.25) is 0 Å². The summed E-state index contributed by atoms with van der Waals surface area (Å²) in [5.74, 6) is 0. The molecule has 0 aliphatic rings. The van der Waals surface area contributed by atoms with Crippen LogP contribution >= 0.6 is 0 Å². The minimum atomic E-state index is 0.766. The fourth-order valence-corrected chi connectivity index (χ4v) is 1.42. The predicted octanol–water partition coefficient (Wildman–Crippen LogP) is 1.91. The van der Waals surface area contributed by atoms with Gasteiger partial charge in [-0.25, -0.2) is 0 Å². The minimum Gasteiger partial charge on any atom is -0.399 e. The average molecular weight is 215 g/mol. The van der Waals surface area contributed by atoms with Crippen molar-refractivity contribution in [2.45, 2.75) is 6.54 Å². The molecule has 0 fully saturated rings. The molecule has 0 saturated heterocycles. The van der Waals surface area contributed by atoms with E-state index in [9.17, 15) is 0 Å². The summed E-state index contributed by atoms with van der Waals surface area (Å²) in [5.41, 5.74) is 2.15. The molecule has 2 aromatic rings. The van der Waals surface area contributed by atoms with E-state index in [4.69, 9.17) is 0 Å². The summed E-state index contributed by atoms with van der Waals surface area (Å²) in [6.07, 6.45) is 5.31. The number of benzene rings is 1. The van der Waals surface area contributed by atoms with Crippen LogP contribution in [0.5, 0.6) is 0 Å². The van der Waals surface area contributed by atoms with Crippen LogP contribution in [0.25, 0.3) is 0 Å². The molecule has 4 heteroatoms. The molecule has 0 spiro atoms. The molecule has 16 heavy (non-hydrogen) atoms. The van der Waals surface area contributed by atoms with Gasteiger partial charge < -0.3 is 4.84 Å². The van der Waals surface area contributed by atoms with Crippen molar-refractivity contribution in [2.75, 3.05) is 7.11 Å². The summed E-state index contributed by atoms with van der Waals surface area (Å²) < 4.78 is 1.87. The van der Waals surface area contributed by atoms with E-state index in [0.29, 0.717) is 0 Å². The summed E-state index contributed by atoms with van der Waals surface area (Å²) in [7, 11) is 1.52. The summed E-state index contributed by atoms with van der Waals surface area (Å²) in [6, 6.07) is 10.2. The van der Waals surface area contributed by atoms with E-state index < -0.39 is 0 Å². The molecule has 1 heterocycles. The zero-order valence-corrected chi connectivity index (χ0v) is 9.08. The first kappa shape index (κ1) is 10.4. The SMILES string of the molecule is CO/N=C/c1cnn(Cc2ccccc2)c1. The van der Waals surface area contributed by atoms with E-state index >= 15 is 0 Å². The van der Waals surface area contributed by atoms with E-state index in [1.807, 2.05) is 29.1 Å². The Morgan fingerprint density at radius 3 is 2.94 bits per heavy atom. The lowest BCUT2D eigenvalue weighted by Crippen LogP contribution is -1.99. The predicted molar refractivity (Wildman–Crippen MR) is 62.4 cm³/mol. The molecular formula is C12H13N3O. The van der Waals surface area contributed by atoms with Gasteiger partial charge in [0.15, 0.2) is 0 Å². The van der Waals surface area contributed by atoms with Crippen LogP contribution in [0.1, 0.15) is 11.1 Å². The van der Waals surface area contributed by atoms with Gasteiger partial charge in [0.1, 0.15) is 7.11 Å². The molecule has 0 aliphatic heterocycles. The van der Waals surface area contributed by atoms with Gasteiger partial charge in [0.2, 0.25) is 0 Å². The molecule has 0 N–H and O–H groups in total. The molecule has 2 rings (SSSR count). The van der Waals surface area contributed by atoms with Crippen molar-refractivity contribution < 1.29 is 4.84 Å². The molecule has 1 aromatic heterocycles. The van der Waals surface area contributed by atoms with Crippen LogP contribution < -0.4 is 0 Å². The van der Waals surface area contributed by atoms with Crippen molar-refractivity contribution in [1.29, 1.82) is 0 Å². The third kappa shape index (κ3) is 2.70. The van der Waals surface area contributed by atoms with E-state index in [2.05, 4.69) is 27.2 Å². The molecule has 0 bridgehead atoms. The van der Waals surface area contributed by atoms with E-state index in [0.717, 1.165) is 12.1 Å². The summed E-state index contributed by atoms with van der Waals surface area (Å²) in [5, 5.41) is 7.92. The fraction of sp³-hybridized carbons (Fsp3) is 0.167. The smallest absolute Gasteiger partial charge is 0.106 e. The third-order valence-electron chi connectivity index (χ3n) is 2.15. The first-order valence-electron chi connectivity index (χ1n) is 5.01. The largest absolute Gasteiger partial charge is 0.399 e. The normalized spacial score (nSPS) is 10.8. The number of oxime groups is 1. The number of nitrogens with zero attached hydrogens (tertiary/aromatic N) is 3. The maximum Gasteiger partial charge on any atom is 0.106 e. The monoisotopic (exact) mass is 215 g/mol. The summed E-state index contributed by atoms with van der Waals surface area (Å²) >= 11 is 0. The Morgan fingerprint density at radius 1 is 1.38 bits per heavy atom. The highest BCUT2D eigenvalue weighted by molar-refractivity contribution is 5.78. The molecule has 0 amide bonds. The molecular weight excluding hydrogens is 202 g/mol. The fourth-order valence-electron chi connectivity index (χ4n) is 1.42. The van der Waals surface area contributed by atoms with Crippen molar-refractivity contribution in [2.24, 2.45) is 5.16 Å². The Kier molecular flexibility index (Phi) is 3.33. The standard InChI is InChI=1S/C12H13N3O/c1-16-14-8-12-7-13-15(10-12)9-11-5-3-2-4-6-11/h2-8,10H,9H2,1H3/b14-8+. The second kappa shape index (κ2) is 5.11. The Hall–Kier alpha value is -2.10. The molecule has 82 valence electrons. The minimum absolute atomic E-state index is 0.766. The number of rotatable bonds is 4. The lowest BCUT2D eigenvalue weighted by molar-refractivity contribution is 0.215. The van der Waals surface area contributed by atoms with Crippen LogP contribution in [0.4, 0.5) is 0 Å². The van der Waals surface area contributed by atoms with E-state index in [1.54, 1.807) is 12.4 Å². The number of hydrogen-bond donors (Lipinski definition) is 0. The van der Waals surface area contributed by atoms with Crippen molar-refractivity contribution in [3.63, 3.8) is 0 Å². The maximum absolute atomic E-state index is 4.61. The highest BCUT2D eigenvalue weighted by atomic mass is 16.6. The van der Waals surface area contributed by atoms with Crippen LogP contribution in [0.3, 0.4) is 0 Å². The summed E-state index contributed by atoms with van der Waals surface area (Å²) in [4.78, 5) is 4.61. The molecule has 1 aromatic carbocycles. The average Bonchev–Trinajstić information content (AvgIpc) is 2.75. The molecule has 0 atom stereocenters. The molecule has 0 saturated carbocycles. The quantitative estimate of drug-likeness (QED) is 0.577. The van der Waals surface area contributed by atoms with Crippen molar-refractivity contribution in [1.82, 2.24) is 9.78 Å². The van der Waals surface area contributed by atoms with Crippen molar-refractivity contribution in [3.05, 3.63) is 53.9 Å². The van der Waals surface area contributed by atoms with Crippen LogP contribution in [0, 0.1) is 0 Å². The van der Waals surface area contributed by atoms with Crippen LogP contribution in [0.15, 0.2) is 47.9 Å². The molecule has 0 radical (unpaired) electrons. The second-order valence-corrected chi connectivity index (χ2v) is 3.37. The molecule has 4 nitrogen and oxygen atoms in total. The maximum atomic E-state index is 4.61. The van der Waals surface area contributed by atoms with E-state index in [1.165, 1.54) is 12.7 Å². The van der Waals surface area contributed by atoms with Gasteiger partial charge in [-0.2, -0.15) is 5.10 Å².